The van der Waals surface area contributed by atoms with Crippen LogP contribution < -0.4 is 0 Å². The van der Waals surface area contributed by atoms with Crippen LogP contribution in [0.15, 0.2) is 36.9 Å². The molecule has 0 saturated carbocycles. The summed E-state index contributed by atoms with van der Waals surface area (Å²) in [5.74, 6) is 0.837. The van der Waals surface area contributed by atoms with Gasteiger partial charge in [-0.2, -0.15) is 5.10 Å². The molecule has 2 aromatic rings. The molecule has 0 N–H and O–H groups in total. The van der Waals surface area contributed by atoms with Gasteiger partial charge in [0.2, 0.25) is 0 Å². The van der Waals surface area contributed by atoms with E-state index in [4.69, 9.17) is 4.74 Å². The summed E-state index contributed by atoms with van der Waals surface area (Å²) in [7, 11) is 0. The van der Waals surface area contributed by atoms with Gasteiger partial charge in [-0.3, -0.25) is 0 Å². The van der Waals surface area contributed by atoms with Gasteiger partial charge in [-0.05, 0) is 31.7 Å². The molecule has 3 rings (SSSR count). The average Bonchev–Trinajstić information content (AvgIpc) is 3.05. The van der Waals surface area contributed by atoms with Crippen LogP contribution in [0.5, 0.6) is 0 Å². The standard InChI is InChI=1S/C18H25N3O/c1-13(2)15-6-8-16(9-7-15)18(21-12-19-11-20-21)14(3)10-17(4,5)22-18/h6-9,11-14H,10H2,1-5H3. The van der Waals surface area contributed by atoms with Crippen molar-refractivity contribution in [3.05, 3.63) is 48.0 Å². The first kappa shape index (κ1) is 15.2. The first-order valence-corrected chi connectivity index (χ1v) is 8.01. The van der Waals surface area contributed by atoms with E-state index in [-0.39, 0.29) is 5.60 Å². The Balaban J connectivity index is 2.11. The Morgan fingerprint density at radius 3 is 2.36 bits per heavy atom. The van der Waals surface area contributed by atoms with Gasteiger partial charge >= 0.3 is 0 Å². The van der Waals surface area contributed by atoms with Crippen molar-refractivity contribution in [1.82, 2.24) is 14.8 Å². The minimum absolute atomic E-state index is 0.178. The van der Waals surface area contributed by atoms with E-state index >= 15 is 0 Å². The van der Waals surface area contributed by atoms with Crippen molar-refractivity contribution >= 4 is 0 Å². The largest absolute Gasteiger partial charge is 0.343 e. The maximum atomic E-state index is 6.54. The normalized spacial score (nSPS) is 27.5. The van der Waals surface area contributed by atoms with Gasteiger partial charge in [0.15, 0.2) is 5.72 Å². The Morgan fingerprint density at radius 1 is 1.23 bits per heavy atom. The fraction of sp³-hybridized carbons (Fsp3) is 0.556. The van der Waals surface area contributed by atoms with E-state index in [0.29, 0.717) is 11.8 Å². The van der Waals surface area contributed by atoms with Crippen LogP contribution in [-0.2, 0) is 10.5 Å². The summed E-state index contributed by atoms with van der Waals surface area (Å²) in [6.45, 7) is 10.9. The van der Waals surface area contributed by atoms with Gasteiger partial charge in [0.05, 0.1) is 5.60 Å². The summed E-state index contributed by atoms with van der Waals surface area (Å²) < 4.78 is 8.41. The summed E-state index contributed by atoms with van der Waals surface area (Å²) in [6.07, 6.45) is 4.32. The predicted octanol–water partition coefficient (Wildman–Crippen LogP) is 3.94. The molecule has 0 spiro atoms. The molecule has 0 aliphatic carbocycles. The SMILES string of the molecule is CC(C)c1ccc(C2(n3cncn3)OC(C)(C)CC2C)cc1. The zero-order valence-corrected chi connectivity index (χ0v) is 14.1. The summed E-state index contributed by atoms with van der Waals surface area (Å²) in [5, 5.41) is 4.40. The molecule has 0 radical (unpaired) electrons. The number of nitrogens with zero attached hydrogens (tertiary/aromatic N) is 3. The summed E-state index contributed by atoms with van der Waals surface area (Å²) in [4.78, 5) is 4.14. The molecule has 0 bridgehead atoms. The van der Waals surface area contributed by atoms with Crippen LogP contribution in [0.25, 0.3) is 0 Å². The van der Waals surface area contributed by atoms with Gasteiger partial charge in [0, 0.05) is 11.5 Å². The molecule has 118 valence electrons. The predicted molar refractivity (Wildman–Crippen MR) is 86.6 cm³/mol. The third kappa shape index (κ3) is 2.35. The van der Waals surface area contributed by atoms with E-state index < -0.39 is 5.72 Å². The lowest BCUT2D eigenvalue weighted by Crippen LogP contribution is -2.41. The highest BCUT2D eigenvalue weighted by Crippen LogP contribution is 2.49. The maximum absolute atomic E-state index is 6.54. The van der Waals surface area contributed by atoms with Crippen molar-refractivity contribution in [3.63, 3.8) is 0 Å². The second-order valence-corrected chi connectivity index (χ2v) is 7.28. The number of benzene rings is 1. The third-order valence-corrected chi connectivity index (χ3v) is 4.65. The maximum Gasteiger partial charge on any atom is 0.191 e. The van der Waals surface area contributed by atoms with Gasteiger partial charge < -0.3 is 4.74 Å². The number of ether oxygens (including phenoxy) is 1. The molecule has 4 heteroatoms. The van der Waals surface area contributed by atoms with Crippen molar-refractivity contribution in [2.45, 2.75) is 58.3 Å². The molecule has 1 aromatic heterocycles. The molecule has 1 aliphatic heterocycles. The van der Waals surface area contributed by atoms with Crippen molar-refractivity contribution in [2.24, 2.45) is 5.92 Å². The summed E-state index contributed by atoms with van der Waals surface area (Å²) in [6, 6.07) is 8.74. The lowest BCUT2D eigenvalue weighted by atomic mass is 9.86. The Morgan fingerprint density at radius 2 is 1.91 bits per heavy atom. The molecule has 1 fully saturated rings. The van der Waals surface area contributed by atoms with Crippen LogP contribution >= 0.6 is 0 Å². The van der Waals surface area contributed by atoms with E-state index in [1.807, 2.05) is 4.68 Å². The number of aromatic nitrogens is 3. The number of hydrogen-bond acceptors (Lipinski definition) is 3. The molecular weight excluding hydrogens is 274 g/mol. The molecule has 0 amide bonds. The molecule has 2 unspecified atom stereocenters. The second-order valence-electron chi connectivity index (χ2n) is 7.28. The zero-order valence-electron chi connectivity index (χ0n) is 14.1. The molecule has 1 aromatic carbocycles. The Labute approximate surface area is 132 Å². The molecule has 2 heterocycles. The van der Waals surface area contributed by atoms with Crippen LogP contribution in [0, 0.1) is 5.92 Å². The molecule has 1 saturated heterocycles. The van der Waals surface area contributed by atoms with E-state index in [2.05, 4.69) is 69.0 Å². The van der Waals surface area contributed by atoms with Crippen LogP contribution in [-0.4, -0.2) is 20.4 Å². The van der Waals surface area contributed by atoms with Crippen LogP contribution in [0.4, 0.5) is 0 Å². The fourth-order valence-corrected chi connectivity index (χ4v) is 3.67. The van der Waals surface area contributed by atoms with Gasteiger partial charge in [-0.15, -0.1) is 0 Å². The average molecular weight is 299 g/mol. The van der Waals surface area contributed by atoms with E-state index in [0.717, 1.165) is 12.0 Å². The van der Waals surface area contributed by atoms with Crippen LogP contribution in [0.2, 0.25) is 0 Å². The Kier molecular flexibility index (Phi) is 3.60. The van der Waals surface area contributed by atoms with Gasteiger partial charge in [0.25, 0.3) is 0 Å². The smallest absolute Gasteiger partial charge is 0.191 e. The third-order valence-electron chi connectivity index (χ3n) is 4.65. The van der Waals surface area contributed by atoms with Crippen molar-refractivity contribution < 1.29 is 4.74 Å². The first-order chi connectivity index (χ1) is 10.3. The second kappa shape index (κ2) is 5.20. The highest BCUT2D eigenvalue weighted by molar-refractivity contribution is 5.30. The van der Waals surface area contributed by atoms with Crippen molar-refractivity contribution in [1.29, 1.82) is 0 Å². The fourth-order valence-electron chi connectivity index (χ4n) is 3.67. The molecular formula is C18H25N3O. The topological polar surface area (TPSA) is 39.9 Å². The minimum atomic E-state index is -0.574. The van der Waals surface area contributed by atoms with Crippen molar-refractivity contribution in [3.8, 4) is 0 Å². The Hall–Kier alpha value is -1.68. The van der Waals surface area contributed by atoms with Gasteiger partial charge in [-0.25, -0.2) is 9.67 Å². The lowest BCUT2D eigenvalue weighted by molar-refractivity contribution is -0.126. The molecule has 4 nitrogen and oxygen atoms in total. The van der Waals surface area contributed by atoms with Crippen LogP contribution in [0.1, 0.15) is 58.1 Å². The zero-order chi connectivity index (χ0) is 16.0. The van der Waals surface area contributed by atoms with E-state index in [1.165, 1.54) is 5.56 Å². The quantitative estimate of drug-likeness (QED) is 0.862. The first-order valence-electron chi connectivity index (χ1n) is 8.01. The monoisotopic (exact) mass is 299 g/mol. The lowest BCUT2D eigenvalue weighted by Gasteiger charge is -2.35. The molecule has 2 atom stereocenters. The summed E-state index contributed by atoms with van der Waals surface area (Å²) >= 11 is 0. The van der Waals surface area contributed by atoms with E-state index in [9.17, 15) is 0 Å². The molecule has 22 heavy (non-hydrogen) atoms. The highest BCUT2D eigenvalue weighted by Gasteiger charge is 2.53. The van der Waals surface area contributed by atoms with Gasteiger partial charge in [-0.1, -0.05) is 45.0 Å². The van der Waals surface area contributed by atoms with Crippen molar-refractivity contribution in [2.75, 3.05) is 0 Å². The molecule has 1 aliphatic rings. The number of hydrogen-bond donors (Lipinski definition) is 0. The summed E-state index contributed by atoms with van der Waals surface area (Å²) in [5.41, 5.74) is 1.72. The Bertz CT molecular complexity index is 631. The highest BCUT2D eigenvalue weighted by atomic mass is 16.5. The number of rotatable bonds is 3. The van der Waals surface area contributed by atoms with E-state index in [1.54, 1.807) is 12.7 Å². The van der Waals surface area contributed by atoms with Gasteiger partial charge in [0.1, 0.15) is 12.7 Å². The minimum Gasteiger partial charge on any atom is -0.343 e. The van der Waals surface area contributed by atoms with Crippen LogP contribution in [0.3, 0.4) is 0 Å².